The van der Waals surface area contributed by atoms with Crippen molar-refractivity contribution in [3.63, 3.8) is 0 Å². The summed E-state index contributed by atoms with van der Waals surface area (Å²) in [5, 5.41) is 23.5. The normalized spacial score (nSPS) is 11.0. The molecule has 0 radical (unpaired) electrons. The number of nitrogens with zero attached hydrogens (tertiary/aromatic N) is 2. The first kappa shape index (κ1) is 25.7. The Labute approximate surface area is 221 Å². The summed E-state index contributed by atoms with van der Waals surface area (Å²) in [5.74, 6) is -0.110. The number of nitrogens with one attached hydrogen (secondary N) is 1. The lowest BCUT2D eigenvalue weighted by atomic mass is 10.1. The quantitative estimate of drug-likeness (QED) is 0.126. The Morgan fingerprint density at radius 1 is 1.09 bits per heavy atom. The van der Waals surface area contributed by atoms with Gasteiger partial charge in [0, 0.05) is 17.8 Å². The number of hydrogen-bond acceptors (Lipinski definition) is 5. The highest BCUT2D eigenvalue weighted by atomic mass is 79.9. The van der Waals surface area contributed by atoms with Crippen molar-refractivity contribution in [2.75, 3.05) is 5.32 Å². The Balaban J connectivity index is 1.75. The van der Waals surface area contributed by atoms with Gasteiger partial charge in [-0.15, -0.1) is 0 Å². The van der Waals surface area contributed by atoms with E-state index < -0.39 is 10.8 Å². The smallest absolute Gasteiger partial charge is 0.269 e. The van der Waals surface area contributed by atoms with Gasteiger partial charge in [-0.3, -0.25) is 14.9 Å². The SMILES string of the molecule is N#C/C(=C\c1cc(Br)c(OCc2ccc([N+](=O)[O-])cc2)c(Br)c1)C(=O)Nc1ccc(Cl)c(Cl)c1. The molecular weight excluding hydrogens is 613 g/mol. The molecule has 0 spiro atoms. The summed E-state index contributed by atoms with van der Waals surface area (Å²) in [6.45, 7) is 0.180. The van der Waals surface area contributed by atoms with Gasteiger partial charge in [-0.05, 0) is 91.5 Å². The van der Waals surface area contributed by atoms with Crippen molar-refractivity contribution in [2.45, 2.75) is 6.61 Å². The van der Waals surface area contributed by atoms with E-state index in [1.54, 1.807) is 36.4 Å². The molecule has 0 atom stereocenters. The lowest BCUT2D eigenvalue weighted by Gasteiger charge is -2.12. The molecule has 1 amide bonds. The second-order valence-electron chi connectivity index (χ2n) is 6.78. The van der Waals surface area contributed by atoms with Gasteiger partial charge in [0.15, 0.2) is 0 Å². The predicted molar refractivity (Wildman–Crippen MR) is 138 cm³/mol. The number of nitro groups is 1. The van der Waals surface area contributed by atoms with Crippen molar-refractivity contribution < 1.29 is 14.5 Å². The number of rotatable bonds is 7. The van der Waals surface area contributed by atoms with Crippen LogP contribution in [0.25, 0.3) is 6.08 Å². The zero-order chi connectivity index (χ0) is 24.8. The molecule has 0 fully saturated rings. The van der Waals surface area contributed by atoms with Crippen LogP contribution in [0, 0.1) is 21.4 Å². The van der Waals surface area contributed by atoms with Crippen LogP contribution in [0.2, 0.25) is 10.0 Å². The summed E-state index contributed by atoms with van der Waals surface area (Å²) in [4.78, 5) is 22.8. The maximum atomic E-state index is 12.5. The number of carbonyl (C=O) groups excluding carboxylic acids is 1. The van der Waals surface area contributed by atoms with Gasteiger partial charge in [-0.25, -0.2) is 0 Å². The molecule has 172 valence electrons. The summed E-state index contributed by atoms with van der Waals surface area (Å²) < 4.78 is 7.00. The maximum absolute atomic E-state index is 12.5. The van der Waals surface area contributed by atoms with Gasteiger partial charge in [-0.1, -0.05) is 23.2 Å². The zero-order valence-electron chi connectivity index (χ0n) is 17.0. The van der Waals surface area contributed by atoms with Crippen LogP contribution >= 0.6 is 55.1 Å². The van der Waals surface area contributed by atoms with Crippen molar-refractivity contribution >= 4 is 78.4 Å². The first-order valence-electron chi connectivity index (χ1n) is 9.41. The van der Waals surface area contributed by atoms with Gasteiger partial charge in [0.05, 0.1) is 23.9 Å². The number of carbonyl (C=O) groups is 1. The molecule has 1 N–H and O–H groups in total. The standard InChI is InChI=1S/C23H13Br2Cl2N3O4/c24-18-8-14(7-15(11-28)23(31)29-16-3-6-20(26)21(27)10-16)9-19(25)22(18)34-12-13-1-4-17(5-2-13)30(32)33/h1-10H,12H2,(H,29,31)/b15-7+. The molecule has 0 aromatic heterocycles. The van der Waals surface area contributed by atoms with Gasteiger partial charge in [0.2, 0.25) is 0 Å². The van der Waals surface area contributed by atoms with Crippen LogP contribution in [0.15, 0.2) is 69.1 Å². The minimum Gasteiger partial charge on any atom is -0.487 e. The highest BCUT2D eigenvalue weighted by molar-refractivity contribution is 9.11. The summed E-state index contributed by atoms with van der Waals surface area (Å²) in [6, 6.07) is 15.9. The van der Waals surface area contributed by atoms with E-state index in [2.05, 4.69) is 37.2 Å². The number of benzene rings is 3. The summed E-state index contributed by atoms with van der Waals surface area (Å²) >= 11 is 18.7. The number of nitro benzene ring substituents is 1. The second-order valence-corrected chi connectivity index (χ2v) is 9.30. The van der Waals surface area contributed by atoms with Gasteiger partial charge in [-0.2, -0.15) is 5.26 Å². The third-order valence-corrected chi connectivity index (χ3v) is 6.32. The highest BCUT2D eigenvalue weighted by Gasteiger charge is 2.14. The van der Waals surface area contributed by atoms with E-state index in [4.69, 9.17) is 27.9 Å². The van der Waals surface area contributed by atoms with E-state index in [1.807, 2.05) is 6.07 Å². The van der Waals surface area contributed by atoms with Crippen molar-refractivity contribution in [2.24, 2.45) is 0 Å². The number of halogens is 4. The van der Waals surface area contributed by atoms with Gasteiger partial charge in [0.1, 0.15) is 24.0 Å². The number of anilines is 1. The lowest BCUT2D eigenvalue weighted by Crippen LogP contribution is -2.13. The Morgan fingerprint density at radius 2 is 1.74 bits per heavy atom. The average molecular weight is 626 g/mol. The van der Waals surface area contributed by atoms with Gasteiger partial charge in [0.25, 0.3) is 11.6 Å². The van der Waals surface area contributed by atoms with Gasteiger partial charge >= 0.3 is 0 Å². The molecule has 34 heavy (non-hydrogen) atoms. The Morgan fingerprint density at radius 3 is 2.29 bits per heavy atom. The second kappa shape index (κ2) is 11.5. The minimum atomic E-state index is -0.605. The first-order chi connectivity index (χ1) is 16.2. The highest BCUT2D eigenvalue weighted by Crippen LogP contribution is 2.36. The summed E-state index contributed by atoms with van der Waals surface area (Å²) in [7, 11) is 0. The summed E-state index contributed by atoms with van der Waals surface area (Å²) in [5.41, 5.74) is 1.60. The van der Waals surface area contributed by atoms with Crippen LogP contribution in [0.4, 0.5) is 11.4 Å². The van der Waals surface area contributed by atoms with Crippen molar-refractivity contribution in [1.82, 2.24) is 0 Å². The molecule has 11 heteroatoms. The molecule has 0 bridgehead atoms. The van der Waals surface area contributed by atoms with Crippen LogP contribution < -0.4 is 10.1 Å². The molecule has 3 aromatic rings. The van der Waals surface area contributed by atoms with Crippen molar-refractivity contribution in [1.29, 1.82) is 5.26 Å². The molecule has 0 heterocycles. The largest absolute Gasteiger partial charge is 0.487 e. The molecule has 0 aliphatic rings. The van der Waals surface area contributed by atoms with Crippen LogP contribution in [0.5, 0.6) is 5.75 Å². The average Bonchev–Trinajstić information content (AvgIpc) is 2.79. The Hall–Kier alpha value is -2.90. The van der Waals surface area contributed by atoms with E-state index in [0.29, 0.717) is 31.0 Å². The van der Waals surface area contributed by atoms with Crippen molar-refractivity contribution in [3.05, 3.63) is 100 Å². The lowest BCUT2D eigenvalue weighted by molar-refractivity contribution is -0.384. The molecule has 0 saturated carbocycles. The monoisotopic (exact) mass is 623 g/mol. The van der Waals surface area contributed by atoms with E-state index >= 15 is 0 Å². The van der Waals surface area contributed by atoms with Crippen molar-refractivity contribution in [3.8, 4) is 11.8 Å². The van der Waals surface area contributed by atoms with Crippen LogP contribution in [-0.2, 0) is 11.4 Å². The Bertz CT molecular complexity index is 1320. The molecule has 3 aromatic carbocycles. The maximum Gasteiger partial charge on any atom is 0.269 e. The number of nitriles is 1. The number of non-ortho nitro benzene ring substituents is 1. The van der Waals surface area contributed by atoms with Crippen LogP contribution in [0.3, 0.4) is 0 Å². The third-order valence-electron chi connectivity index (χ3n) is 4.40. The fraction of sp³-hybridized carbons (Fsp3) is 0.0435. The molecule has 0 aliphatic heterocycles. The van der Waals surface area contributed by atoms with Crippen LogP contribution in [-0.4, -0.2) is 10.8 Å². The molecule has 7 nitrogen and oxygen atoms in total. The Kier molecular flexibility index (Phi) is 8.69. The minimum absolute atomic E-state index is 0.00116. The summed E-state index contributed by atoms with van der Waals surface area (Å²) in [6.07, 6.45) is 1.43. The van der Waals surface area contributed by atoms with E-state index in [9.17, 15) is 20.2 Å². The van der Waals surface area contributed by atoms with E-state index in [-0.39, 0.29) is 22.9 Å². The fourth-order valence-electron chi connectivity index (χ4n) is 2.76. The third kappa shape index (κ3) is 6.58. The fourth-order valence-corrected chi connectivity index (χ4v) is 4.51. The molecule has 3 rings (SSSR count). The topological polar surface area (TPSA) is 105 Å². The predicted octanol–water partition coefficient (Wildman–Crippen LogP) is 7.55. The van der Waals surface area contributed by atoms with Crippen LogP contribution in [0.1, 0.15) is 11.1 Å². The van der Waals surface area contributed by atoms with Gasteiger partial charge < -0.3 is 10.1 Å². The number of amides is 1. The van der Waals surface area contributed by atoms with E-state index in [0.717, 1.165) is 5.56 Å². The molecule has 0 unspecified atom stereocenters. The first-order valence-corrected chi connectivity index (χ1v) is 11.8. The molecule has 0 aliphatic carbocycles. The number of ether oxygens (including phenoxy) is 1. The number of hydrogen-bond donors (Lipinski definition) is 1. The molecular formula is C23H13Br2Cl2N3O4. The molecule has 0 saturated heterocycles. The zero-order valence-corrected chi connectivity index (χ0v) is 21.7. The van der Waals surface area contributed by atoms with E-state index in [1.165, 1.54) is 24.3 Å².